The fourth-order valence-corrected chi connectivity index (χ4v) is 2.51. The van der Waals surface area contributed by atoms with Gasteiger partial charge < -0.3 is 15.9 Å². The highest BCUT2D eigenvalue weighted by molar-refractivity contribution is 6.31. The highest BCUT2D eigenvalue weighted by atomic mass is 16.6. The van der Waals surface area contributed by atoms with E-state index in [2.05, 4.69) is 0 Å². The molecule has 1 aliphatic carbocycles. The van der Waals surface area contributed by atoms with Gasteiger partial charge in [0.15, 0.2) is 23.0 Å². The van der Waals surface area contributed by atoms with E-state index >= 15 is 0 Å². The van der Waals surface area contributed by atoms with E-state index in [-0.39, 0.29) is 11.1 Å². The van der Waals surface area contributed by atoms with Gasteiger partial charge in [0.25, 0.3) is 0 Å². The van der Waals surface area contributed by atoms with Crippen LogP contribution in [0.15, 0.2) is 24.3 Å². The maximum atomic E-state index is 12.5. The van der Waals surface area contributed by atoms with E-state index < -0.39 is 50.5 Å². The van der Waals surface area contributed by atoms with E-state index in [1.165, 1.54) is 24.3 Å². The van der Waals surface area contributed by atoms with Gasteiger partial charge in [0.2, 0.25) is 5.78 Å². The summed E-state index contributed by atoms with van der Waals surface area (Å²) < 4.78 is 0. The number of aromatic hydroxyl groups is 2. The van der Waals surface area contributed by atoms with Gasteiger partial charge in [-0.15, -0.1) is 0 Å². The number of nitrogens with zero attached hydrogens (tertiary/aromatic N) is 1. The predicted octanol–water partition coefficient (Wildman–Crippen LogP) is 1.36. The maximum Gasteiger partial charge on any atom is 0.308 e. The molecule has 0 bridgehead atoms. The van der Waals surface area contributed by atoms with Crippen molar-refractivity contribution in [2.24, 2.45) is 0 Å². The number of phenolic OH excluding ortho intramolecular Hbond substituents is 2. The quantitative estimate of drug-likeness (QED) is 0.266. The van der Waals surface area contributed by atoms with E-state index in [9.17, 15) is 29.9 Å². The fourth-order valence-electron chi connectivity index (χ4n) is 2.51. The van der Waals surface area contributed by atoms with Gasteiger partial charge in [0.05, 0.1) is 10.5 Å². The van der Waals surface area contributed by atoms with Crippen molar-refractivity contribution in [1.82, 2.24) is 0 Å². The number of carbonyl (C=O) groups excluding carboxylic acids is 2. The van der Waals surface area contributed by atoms with Crippen molar-refractivity contribution in [2.45, 2.75) is 0 Å². The molecule has 0 radical (unpaired) electrons. The number of nitrogens with two attached hydrogens (primary N) is 1. The zero-order valence-electron chi connectivity index (χ0n) is 10.9. The number of phenols is 2. The van der Waals surface area contributed by atoms with Crippen molar-refractivity contribution in [3.63, 3.8) is 0 Å². The van der Waals surface area contributed by atoms with Gasteiger partial charge in [-0.05, 0) is 0 Å². The minimum atomic E-state index is -0.994. The Bertz CT molecular complexity index is 887. The lowest BCUT2D eigenvalue weighted by Gasteiger charge is -2.19. The second-order valence-corrected chi connectivity index (χ2v) is 4.67. The highest BCUT2D eigenvalue weighted by Crippen LogP contribution is 2.48. The van der Waals surface area contributed by atoms with Crippen molar-refractivity contribution >= 4 is 22.9 Å². The Morgan fingerprint density at radius 3 is 1.95 bits per heavy atom. The monoisotopic (exact) mass is 300 g/mol. The average molecular weight is 300 g/mol. The van der Waals surface area contributed by atoms with Gasteiger partial charge in [0.1, 0.15) is 5.56 Å². The van der Waals surface area contributed by atoms with Crippen LogP contribution in [0.5, 0.6) is 11.5 Å². The summed E-state index contributed by atoms with van der Waals surface area (Å²) in [5.41, 5.74) is 2.52. The standard InChI is InChI=1S/C14H8N2O6/c15-9-10(16(21)22)7-8(13(19)14(9)20)12(18)6-4-2-1-3-5(6)11(7)17/h1-4,19-20H,15H2. The molecule has 110 valence electrons. The first-order valence-corrected chi connectivity index (χ1v) is 6.06. The highest BCUT2D eigenvalue weighted by Gasteiger charge is 2.41. The van der Waals surface area contributed by atoms with Gasteiger partial charge in [-0.3, -0.25) is 19.7 Å². The third-order valence-corrected chi connectivity index (χ3v) is 3.51. The molecular weight excluding hydrogens is 292 g/mol. The minimum absolute atomic E-state index is 0.00577. The van der Waals surface area contributed by atoms with Crippen LogP contribution in [0.3, 0.4) is 0 Å². The zero-order chi connectivity index (χ0) is 16.2. The largest absolute Gasteiger partial charge is 0.504 e. The fraction of sp³-hybridized carbons (Fsp3) is 0. The van der Waals surface area contributed by atoms with Crippen LogP contribution in [-0.2, 0) is 0 Å². The summed E-state index contributed by atoms with van der Waals surface area (Å²) in [4.78, 5) is 35.1. The number of hydrogen-bond acceptors (Lipinski definition) is 7. The lowest BCUT2D eigenvalue weighted by atomic mass is 9.82. The number of nitrogen functional groups attached to an aromatic ring is 1. The van der Waals surface area contributed by atoms with Crippen LogP contribution in [0.25, 0.3) is 0 Å². The molecule has 0 heterocycles. The first kappa shape index (κ1) is 13.6. The van der Waals surface area contributed by atoms with Gasteiger partial charge in [0, 0.05) is 11.1 Å². The Morgan fingerprint density at radius 2 is 1.45 bits per heavy atom. The number of ketones is 2. The van der Waals surface area contributed by atoms with Crippen molar-refractivity contribution in [1.29, 1.82) is 0 Å². The maximum absolute atomic E-state index is 12.5. The first-order chi connectivity index (χ1) is 10.4. The molecule has 2 aromatic rings. The van der Waals surface area contributed by atoms with E-state index in [4.69, 9.17) is 5.73 Å². The lowest BCUT2D eigenvalue weighted by Crippen LogP contribution is -2.23. The van der Waals surface area contributed by atoms with Crippen LogP contribution in [0.2, 0.25) is 0 Å². The van der Waals surface area contributed by atoms with Crippen LogP contribution in [-0.4, -0.2) is 26.7 Å². The Balaban J connectivity index is 2.50. The number of anilines is 1. The molecule has 0 fully saturated rings. The molecule has 0 saturated carbocycles. The minimum Gasteiger partial charge on any atom is -0.504 e. The van der Waals surface area contributed by atoms with Crippen molar-refractivity contribution in [3.05, 3.63) is 56.6 Å². The molecule has 0 saturated heterocycles. The summed E-state index contributed by atoms with van der Waals surface area (Å²) >= 11 is 0. The molecule has 0 aliphatic heterocycles. The molecule has 1 aliphatic rings. The van der Waals surface area contributed by atoms with E-state index in [0.717, 1.165) is 0 Å². The second kappa shape index (κ2) is 4.29. The summed E-state index contributed by atoms with van der Waals surface area (Å²) in [5.74, 6) is -3.53. The Labute approximate surface area is 122 Å². The van der Waals surface area contributed by atoms with Gasteiger partial charge >= 0.3 is 5.69 Å². The molecule has 8 nitrogen and oxygen atoms in total. The van der Waals surface area contributed by atoms with Gasteiger partial charge in [-0.25, -0.2) is 0 Å². The summed E-state index contributed by atoms with van der Waals surface area (Å²) in [6, 6.07) is 5.72. The number of nitro groups is 1. The number of nitro benzene ring substituents is 1. The molecule has 4 N–H and O–H groups in total. The van der Waals surface area contributed by atoms with E-state index in [1.54, 1.807) is 0 Å². The van der Waals surface area contributed by atoms with Gasteiger partial charge in [-0.1, -0.05) is 24.3 Å². The smallest absolute Gasteiger partial charge is 0.308 e. The predicted molar refractivity (Wildman–Crippen MR) is 74.1 cm³/mol. The summed E-state index contributed by atoms with van der Waals surface area (Å²) in [6.07, 6.45) is 0. The number of carbonyl (C=O) groups is 2. The number of fused-ring (bicyclic) bond motifs is 2. The summed E-state index contributed by atoms with van der Waals surface area (Å²) in [7, 11) is 0. The molecule has 0 atom stereocenters. The van der Waals surface area contributed by atoms with E-state index in [1.807, 2.05) is 0 Å². The van der Waals surface area contributed by atoms with Crippen LogP contribution in [0, 0.1) is 10.1 Å². The number of benzene rings is 2. The molecule has 0 spiro atoms. The lowest BCUT2D eigenvalue weighted by molar-refractivity contribution is -0.384. The SMILES string of the molecule is Nc1c(O)c(O)c2c(c1[N+](=O)[O-])C(=O)c1ccccc1C2=O. The normalized spacial score (nSPS) is 12.7. The third kappa shape index (κ3) is 1.51. The molecular formula is C14H8N2O6. The van der Waals surface area contributed by atoms with Crippen LogP contribution >= 0.6 is 0 Å². The molecule has 0 aromatic heterocycles. The molecule has 8 heteroatoms. The Hall–Kier alpha value is -3.42. The van der Waals surface area contributed by atoms with Crippen LogP contribution in [0.4, 0.5) is 11.4 Å². The summed E-state index contributed by atoms with van der Waals surface area (Å²) in [6.45, 7) is 0. The molecule has 2 aromatic carbocycles. The molecule has 22 heavy (non-hydrogen) atoms. The average Bonchev–Trinajstić information content (AvgIpc) is 2.49. The molecule has 0 unspecified atom stereocenters. The van der Waals surface area contributed by atoms with Crippen LogP contribution < -0.4 is 5.73 Å². The summed E-state index contributed by atoms with van der Waals surface area (Å²) in [5, 5.41) is 30.8. The number of rotatable bonds is 1. The second-order valence-electron chi connectivity index (χ2n) is 4.67. The van der Waals surface area contributed by atoms with Crippen molar-refractivity contribution in [2.75, 3.05) is 5.73 Å². The van der Waals surface area contributed by atoms with E-state index in [0.29, 0.717) is 0 Å². The van der Waals surface area contributed by atoms with Crippen LogP contribution in [0.1, 0.15) is 31.8 Å². The first-order valence-electron chi connectivity index (χ1n) is 6.06. The van der Waals surface area contributed by atoms with Crippen molar-refractivity contribution in [3.8, 4) is 11.5 Å². The zero-order valence-corrected chi connectivity index (χ0v) is 10.9. The Morgan fingerprint density at radius 1 is 0.955 bits per heavy atom. The van der Waals surface area contributed by atoms with Crippen molar-refractivity contribution < 1.29 is 24.7 Å². The Kier molecular flexibility index (Phi) is 2.64. The molecule has 3 rings (SSSR count). The third-order valence-electron chi connectivity index (χ3n) is 3.51. The number of hydrogen-bond donors (Lipinski definition) is 3. The molecule has 0 amide bonds. The topological polar surface area (TPSA) is 144 Å². The van der Waals surface area contributed by atoms with Gasteiger partial charge in [-0.2, -0.15) is 0 Å².